The Balaban J connectivity index is 0. The number of nitrogens with zero attached hydrogens (tertiary/aromatic N) is 1. The zero-order chi connectivity index (χ0) is 10.9. The molecule has 1 rings (SSSR count). The van der Waals surface area contributed by atoms with Crippen LogP contribution in [-0.2, 0) is 0 Å². The quantitative estimate of drug-likeness (QED) is 0.678. The van der Waals surface area contributed by atoms with Gasteiger partial charge in [0.15, 0.2) is 0 Å². The number of rotatable bonds is 2. The van der Waals surface area contributed by atoms with Crippen molar-refractivity contribution >= 4 is 15.9 Å². The standard InChI is InChI=1S/C9H13BrN2O2.Li.H/c1-4-5(2)12-8(13)7(10)6(3)11-9(12)14;;/h5H,4H2,1-3H3,(H,11,14);;/q;+1;-1. The first-order chi connectivity index (χ1) is 6.49. The number of hydrogen-bond acceptors (Lipinski definition) is 2. The largest absolute Gasteiger partial charge is 1.00 e. The third kappa shape index (κ3) is 2.87. The van der Waals surface area contributed by atoms with E-state index in [1.165, 1.54) is 4.57 Å². The van der Waals surface area contributed by atoms with E-state index in [4.69, 9.17) is 0 Å². The van der Waals surface area contributed by atoms with Gasteiger partial charge in [0.05, 0.1) is 0 Å². The summed E-state index contributed by atoms with van der Waals surface area (Å²) >= 11 is 3.16. The Morgan fingerprint density at radius 3 is 2.53 bits per heavy atom. The third-order valence-corrected chi connectivity index (χ3v) is 3.21. The zero-order valence-corrected chi connectivity index (χ0v) is 11.0. The van der Waals surface area contributed by atoms with E-state index in [1.54, 1.807) is 6.92 Å². The Kier molecular flexibility index (Phi) is 5.64. The van der Waals surface area contributed by atoms with Crippen LogP contribution in [0.25, 0.3) is 0 Å². The molecule has 0 aliphatic rings. The van der Waals surface area contributed by atoms with Gasteiger partial charge in [-0.3, -0.25) is 9.36 Å². The van der Waals surface area contributed by atoms with E-state index in [0.717, 1.165) is 6.42 Å². The molecule has 0 aromatic carbocycles. The van der Waals surface area contributed by atoms with E-state index in [1.807, 2.05) is 13.8 Å². The minimum atomic E-state index is -0.343. The molecule has 0 saturated heterocycles. The summed E-state index contributed by atoms with van der Waals surface area (Å²) in [6, 6.07) is -0.0804. The number of H-pyrrole nitrogens is 1. The predicted octanol–water partition coefficient (Wildman–Crippen LogP) is -1.30. The fourth-order valence-corrected chi connectivity index (χ4v) is 1.51. The molecule has 0 aliphatic heterocycles. The smallest absolute Gasteiger partial charge is 1.00 e. The summed E-state index contributed by atoms with van der Waals surface area (Å²) in [7, 11) is 0. The first-order valence-electron chi connectivity index (χ1n) is 4.50. The van der Waals surface area contributed by atoms with Crippen molar-refractivity contribution in [2.24, 2.45) is 0 Å². The molecule has 1 aromatic heterocycles. The van der Waals surface area contributed by atoms with Gasteiger partial charge in [-0.1, -0.05) is 6.92 Å². The van der Waals surface area contributed by atoms with Crippen LogP contribution < -0.4 is 30.1 Å². The van der Waals surface area contributed by atoms with Crippen LogP contribution in [0.5, 0.6) is 0 Å². The van der Waals surface area contributed by atoms with Crippen molar-refractivity contribution in [3.8, 4) is 0 Å². The molecule has 80 valence electrons. The number of nitrogens with one attached hydrogen (secondary N) is 1. The molecule has 0 fully saturated rings. The SMILES string of the molecule is CCC(C)n1c(=O)[nH]c(C)c(Br)c1=O.[H-].[Li+]. The van der Waals surface area contributed by atoms with Crippen molar-refractivity contribution in [2.45, 2.75) is 33.2 Å². The Hall–Kier alpha value is -0.243. The van der Waals surface area contributed by atoms with Gasteiger partial charge in [0.2, 0.25) is 0 Å². The second-order valence-electron chi connectivity index (χ2n) is 3.30. The Bertz CT molecular complexity index is 458. The zero-order valence-electron chi connectivity index (χ0n) is 10.4. The van der Waals surface area contributed by atoms with Gasteiger partial charge in [0.25, 0.3) is 5.56 Å². The Labute approximate surface area is 110 Å². The molecule has 0 bridgehead atoms. The molecular weight excluding hydrogens is 255 g/mol. The maximum Gasteiger partial charge on any atom is 1.00 e. The van der Waals surface area contributed by atoms with Crippen molar-refractivity contribution < 1.29 is 20.3 Å². The van der Waals surface area contributed by atoms with Gasteiger partial charge in [-0.2, -0.15) is 0 Å². The van der Waals surface area contributed by atoms with E-state index in [0.29, 0.717) is 10.2 Å². The molecule has 6 heteroatoms. The Morgan fingerprint density at radius 1 is 1.53 bits per heavy atom. The molecule has 0 spiro atoms. The van der Waals surface area contributed by atoms with Crippen LogP contribution in [0.2, 0.25) is 0 Å². The summed E-state index contributed by atoms with van der Waals surface area (Å²) in [6.45, 7) is 5.47. The molecule has 15 heavy (non-hydrogen) atoms. The van der Waals surface area contributed by atoms with Gasteiger partial charge < -0.3 is 6.41 Å². The van der Waals surface area contributed by atoms with Crippen molar-refractivity contribution in [3.63, 3.8) is 0 Å². The monoisotopic (exact) mass is 268 g/mol. The van der Waals surface area contributed by atoms with Crippen LogP contribution in [0.4, 0.5) is 0 Å². The van der Waals surface area contributed by atoms with Crippen LogP contribution in [0.1, 0.15) is 33.4 Å². The number of aryl methyl sites for hydroxylation is 1. The van der Waals surface area contributed by atoms with Crippen molar-refractivity contribution in [3.05, 3.63) is 31.0 Å². The summed E-state index contributed by atoms with van der Waals surface area (Å²) in [4.78, 5) is 25.8. The molecule has 1 N–H and O–H groups in total. The molecule has 0 saturated carbocycles. The van der Waals surface area contributed by atoms with E-state index in [9.17, 15) is 9.59 Å². The van der Waals surface area contributed by atoms with Crippen LogP contribution in [-0.4, -0.2) is 9.55 Å². The van der Waals surface area contributed by atoms with Crippen LogP contribution >= 0.6 is 15.9 Å². The fraction of sp³-hybridized carbons (Fsp3) is 0.556. The molecule has 1 unspecified atom stereocenters. The summed E-state index contributed by atoms with van der Waals surface area (Å²) < 4.78 is 1.66. The van der Waals surface area contributed by atoms with Crippen LogP contribution in [0.15, 0.2) is 14.1 Å². The summed E-state index contributed by atoms with van der Waals surface area (Å²) in [5.74, 6) is 0. The van der Waals surface area contributed by atoms with Crippen molar-refractivity contribution in [2.75, 3.05) is 0 Å². The molecule has 4 nitrogen and oxygen atoms in total. The molecule has 1 heterocycles. The normalized spacial score (nSPS) is 12.0. The second-order valence-corrected chi connectivity index (χ2v) is 4.09. The summed E-state index contributed by atoms with van der Waals surface area (Å²) in [6.07, 6.45) is 0.748. The number of halogens is 1. The molecule has 0 radical (unpaired) electrons. The summed E-state index contributed by atoms with van der Waals surface area (Å²) in [5.41, 5.74) is -0.0368. The van der Waals surface area contributed by atoms with Crippen LogP contribution in [0.3, 0.4) is 0 Å². The van der Waals surface area contributed by atoms with Gasteiger partial charge in [0.1, 0.15) is 4.47 Å². The molecule has 1 aromatic rings. The van der Waals surface area contributed by atoms with Gasteiger partial charge in [0, 0.05) is 11.7 Å². The van der Waals surface area contributed by atoms with Gasteiger partial charge in [-0.15, -0.1) is 0 Å². The number of aromatic nitrogens is 2. The minimum Gasteiger partial charge on any atom is -1.00 e. The first-order valence-corrected chi connectivity index (χ1v) is 5.29. The second kappa shape index (κ2) is 5.74. The fourth-order valence-electron chi connectivity index (χ4n) is 1.22. The molecule has 0 amide bonds. The Morgan fingerprint density at radius 2 is 2.07 bits per heavy atom. The minimum absolute atomic E-state index is 0. The average molecular weight is 269 g/mol. The first kappa shape index (κ1) is 14.8. The van der Waals surface area contributed by atoms with Gasteiger partial charge in [-0.05, 0) is 36.2 Å². The van der Waals surface area contributed by atoms with Crippen molar-refractivity contribution in [1.29, 1.82) is 0 Å². The van der Waals surface area contributed by atoms with Gasteiger partial charge >= 0.3 is 24.6 Å². The maximum atomic E-state index is 11.7. The van der Waals surface area contributed by atoms with Gasteiger partial charge in [-0.25, -0.2) is 4.79 Å². The summed E-state index contributed by atoms with van der Waals surface area (Å²) in [5, 5.41) is 0. The van der Waals surface area contributed by atoms with E-state index in [2.05, 4.69) is 20.9 Å². The number of aromatic amines is 1. The van der Waals surface area contributed by atoms with E-state index in [-0.39, 0.29) is 37.6 Å². The maximum absolute atomic E-state index is 11.7. The van der Waals surface area contributed by atoms with Crippen molar-refractivity contribution in [1.82, 2.24) is 9.55 Å². The van der Waals surface area contributed by atoms with E-state index >= 15 is 0 Å². The number of hydrogen-bond donors (Lipinski definition) is 1. The molecular formula is C9H14BrLiN2O2. The van der Waals surface area contributed by atoms with Crippen LogP contribution in [0, 0.1) is 6.92 Å². The third-order valence-electron chi connectivity index (χ3n) is 2.28. The average Bonchev–Trinajstić information content (AvgIpc) is 2.14. The predicted molar refractivity (Wildman–Crippen MR) is 59.9 cm³/mol. The molecule has 1 atom stereocenters. The topological polar surface area (TPSA) is 54.9 Å². The van der Waals surface area contributed by atoms with E-state index < -0.39 is 0 Å². The molecule has 0 aliphatic carbocycles.